The molecule has 0 saturated heterocycles. The van der Waals surface area contributed by atoms with Crippen LogP contribution >= 0.6 is 11.8 Å². The molecule has 0 N–H and O–H groups in total. The van der Waals surface area contributed by atoms with Gasteiger partial charge in [0.25, 0.3) is 0 Å². The minimum Gasteiger partial charge on any atom is -0.487 e. The van der Waals surface area contributed by atoms with E-state index in [0.717, 1.165) is 5.75 Å². The molecule has 0 amide bonds. The van der Waals surface area contributed by atoms with E-state index in [9.17, 15) is 8.78 Å². The molecule has 1 heterocycles. The SMILES string of the molecule is Fc1cccc(F)c1OCC1CSc2ccccc21. The fourth-order valence-electron chi connectivity index (χ4n) is 2.17. The van der Waals surface area contributed by atoms with Crippen LogP contribution in [0.4, 0.5) is 8.78 Å². The van der Waals surface area contributed by atoms with Crippen molar-refractivity contribution in [2.75, 3.05) is 12.4 Å². The first-order valence-electron chi connectivity index (χ1n) is 6.04. The van der Waals surface area contributed by atoms with E-state index in [2.05, 4.69) is 6.07 Å². The first kappa shape index (κ1) is 12.5. The molecule has 0 spiro atoms. The largest absolute Gasteiger partial charge is 0.487 e. The van der Waals surface area contributed by atoms with Gasteiger partial charge in [-0.1, -0.05) is 24.3 Å². The zero-order chi connectivity index (χ0) is 13.2. The molecule has 0 radical (unpaired) electrons. The third-order valence-electron chi connectivity index (χ3n) is 3.15. The van der Waals surface area contributed by atoms with E-state index in [0.29, 0.717) is 6.61 Å². The molecule has 1 unspecified atom stereocenters. The lowest BCUT2D eigenvalue weighted by atomic mass is 10.0. The monoisotopic (exact) mass is 278 g/mol. The number of hydrogen-bond acceptors (Lipinski definition) is 2. The van der Waals surface area contributed by atoms with Gasteiger partial charge in [-0.15, -0.1) is 11.8 Å². The van der Waals surface area contributed by atoms with Crippen molar-refractivity contribution in [3.8, 4) is 5.75 Å². The zero-order valence-electron chi connectivity index (χ0n) is 10.1. The van der Waals surface area contributed by atoms with E-state index in [1.54, 1.807) is 11.8 Å². The van der Waals surface area contributed by atoms with Gasteiger partial charge in [0.2, 0.25) is 0 Å². The summed E-state index contributed by atoms with van der Waals surface area (Å²) in [7, 11) is 0. The topological polar surface area (TPSA) is 9.23 Å². The standard InChI is InChI=1S/C15H12F2OS/c16-12-5-3-6-13(17)15(12)18-8-10-9-19-14-7-2-1-4-11(10)14/h1-7,10H,8-9H2. The Morgan fingerprint density at radius 1 is 1.05 bits per heavy atom. The van der Waals surface area contributed by atoms with E-state index < -0.39 is 11.6 Å². The van der Waals surface area contributed by atoms with Crippen molar-refractivity contribution in [3.63, 3.8) is 0 Å². The molecule has 1 nitrogen and oxygen atoms in total. The molecule has 19 heavy (non-hydrogen) atoms. The van der Waals surface area contributed by atoms with Gasteiger partial charge in [0.15, 0.2) is 17.4 Å². The smallest absolute Gasteiger partial charge is 0.190 e. The first-order valence-corrected chi connectivity index (χ1v) is 7.03. The normalized spacial score (nSPS) is 17.3. The van der Waals surface area contributed by atoms with Gasteiger partial charge in [-0.05, 0) is 23.8 Å². The lowest BCUT2D eigenvalue weighted by Crippen LogP contribution is -2.11. The Morgan fingerprint density at radius 2 is 1.79 bits per heavy atom. The van der Waals surface area contributed by atoms with Crippen LogP contribution in [0, 0.1) is 11.6 Å². The average molecular weight is 278 g/mol. The molecule has 0 aliphatic carbocycles. The highest BCUT2D eigenvalue weighted by Gasteiger charge is 2.24. The molecule has 1 aliphatic heterocycles. The lowest BCUT2D eigenvalue weighted by molar-refractivity contribution is 0.269. The number of halogens is 2. The van der Waals surface area contributed by atoms with Gasteiger partial charge in [-0.25, -0.2) is 8.78 Å². The number of rotatable bonds is 3. The van der Waals surface area contributed by atoms with E-state index in [4.69, 9.17) is 4.74 Å². The molecule has 2 aromatic rings. The number of thioether (sulfide) groups is 1. The second kappa shape index (κ2) is 5.21. The Kier molecular flexibility index (Phi) is 3.42. The third-order valence-corrected chi connectivity index (χ3v) is 4.40. The molecule has 2 aromatic carbocycles. The summed E-state index contributed by atoms with van der Waals surface area (Å²) in [6.45, 7) is 0.294. The van der Waals surface area contributed by atoms with Crippen LogP contribution in [0.15, 0.2) is 47.4 Å². The Bertz CT molecular complexity index is 580. The summed E-state index contributed by atoms with van der Waals surface area (Å²) < 4.78 is 32.2. The van der Waals surface area contributed by atoms with Gasteiger partial charge < -0.3 is 4.74 Å². The maximum absolute atomic E-state index is 13.5. The molecular weight excluding hydrogens is 266 g/mol. The fraction of sp³-hybridized carbons (Fsp3) is 0.200. The predicted octanol–water partition coefficient (Wildman–Crippen LogP) is 4.23. The Morgan fingerprint density at radius 3 is 2.58 bits per heavy atom. The zero-order valence-corrected chi connectivity index (χ0v) is 10.9. The molecule has 0 saturated carbocycles. The second-order valence-electron chi connectivity index (χ2n) is 4.41. The summed E-state index contributed by atoms with van der Waals surface area (Å²) in [5, 5.41) is 0. The average Bonchev–Trinajstić information content (AvgIpc) is 2.82. The Labute approximate surface area is 114 Å². The predicted molar refractivity (Wildman–Crippen MR) is 71.8 cm³/mol. The summed E-state index contributed by atoms with van der Waals surface area (Å²) in [4.78, 5) is 1.23. The second-order valence-corrected chi connectivity index (χ2v) is 5.47. The van der Waals surface area contributed by atoms with Gasteiger partial charge in [0, 0.05) is 16.6 Å². The van der Waals surface area contributed by atoms with Crippen molar-refractivity contribution < 1.29 is 13.5 Å². The van der Waals surface area contributed by atoms with Crippen LogP contribution in [0.25, 0.3) is 0 Å². The summed E-state index contributed by atoms with van der Waals surface area (Å²) in [6.07, 6.45) is 0. The molecule has 3 rings (SSSR count). The Hall–Kier alpha value is -1.55. The number of para-hydroxylation sites is 1. The first-order chi connectivity index (χ1) is 9.25. The van der Waals surface area contributed by atoms with Gasteiger partial charge in [-0.3, -0.25) is 0 Å². The highest BCUT2D eigenvalue weighted by molar-refractivity contribution is 7.99. The van der Waals surface area contributed by atoms with Crippen molar-refractivity contribution in [3.05, 3.63) is 59.7 Å². The van der Waals surface area contributed by atoms with E-state index in [-0.39, 0.29) is 11.7 Å². The molecule has 0 bridgehead atoms. The molecule has 1 aliphatic rings. The molecular formula is C15H12F2OS. The quantitative estimate of drug-likeness (QED) is 0.830. The fourth-order valence-corrected chi connectivity index (χ4v) is 3.40. The molecule has 4 heteroatoms. The number of ether oxygens (including phenoxy) is 1. The molecule has 0 fully saturated rings. The molecule has 1 atom stereocenters. The van der Waals surface area contributed by atoms with Crippen molar-refractivity contribution >= 4 is 11.8 Å². The van der Waals surface area contributed by atoms with Crippen molar-refractivity contribution in [2.45, 2.75) is 10.8 Å². The minimum absolute atomic E-state index is 0.181. The van der Waals surface area contributed by atoms with Crippen LogP contribution in [0.5, 0.6) is 5.75 Å². The van der Waals surface area contributed by atoms with Crippen LogP contribution in [0.1, 0.15) is 11.5 Å². The maximum Gasteiger partial charge on any atom is 0.190 e. The molecule has 98 valence electrons. The number of fused-ring (bicyclic) bond motifs is 1. The van der Waals surface area contributed by atoms with Gasteiger partial charge >= 0.3 is 0 Å². The lowest BCUT2D eigenvalue weighted by Gasteiger charge is -2.13. The van der Waals surface area contributed by atoms with Crippen molar-refractivity contribution in [1.82, 2.24) is 0 Å². The van der Waals surface area contributed by atoms with Crippen LogP contribution in [-0.2, 0) is 0 Å². The highest BCUT2D eigenvalue weighted by Crippen LogP contribution is 2.39. The van der Waals surface area contributed by atoms with Crippen LogP contribution in [0.2, 0.25) is 0 Å². The van der Waals surface area contributed by atoms with Crippen LogP contribution in [0.3, 0.4) is 0 Å². The number of benzene rings is 2. The number of hydrogen-bond donors (Lipinski definition) is 0. The Balaban J connectivity index is 1.75. The van der Waals surface area contributed by atoms with Crippen molar-refractivity contribution in [1.29, 1.82) is 0 Å². The van der Waals surface area contributed by atoms with E-state index >= 15 is 0 Å². The summed E-state index contributed by atoms with van der Waals surface area (Å²) in [5.74, 6) is -0.523. The van der Waals surface area contributed by atoms with Gasteiger partial charge in [-0.2, -0.15) is 0 Å². The summed E-state index contributed by atoms with van der Waals surface area (Å²) in [6, 6.07) is 11.8. The summed E-state index contributed by atoms with van der Waals surface area (Å²) >= 11 is 1.75. The minimum atomic E-state index is -0.654. The van der Waals surface area contributed by atoms with E-state index in [1.807, 2.05) is 18.2 Å². The van der Waals surface area contributed by atoms with Crippen molar-refractivity contribution in [2.24, 2.45) is 0 Å². The highest BCUT2D eigenvalue weighted by atomic mass is 32.2. The maximum atomic E-state index is 13.5. The van der Waals surface area contributed by atoms with E-state index in [1.165, 1.54) is 28.7 Å². The summed E-state index contributed by atoms with van der Waals surface area (Å²) in [5.41, 5.74) is 1.20. The van der Waals surface area contributed by atoms with Gasteiger partial charge in [0.05, 0.1) is 6.61 Å². The third kappa shape index (κ3) is 2.45. The van der Waals surface area contributed by atoms with Gasteiger partial charge in [0.1, 0.15) is 0 Å². The van der Waals surface area contributed by atoms with Crippen LogP contribution in [-0.4, -0.2) is 12.4 Å². The van der Waals surface area contributed by atoms with Crippen LogP contribution < -0.4 is 4.74 Å². The molecule has 0 aromatic heterocycles.